The van der Waals surface area contributed by atoms with E-state index in [1.807, 2.05) is 6.20 Å². The standard InChI is InChI=1S/C13H12F2N2S/c14-11-4-3-9-7(1-2-10(9)12(11)15)5-8-6-16-13(18)17-8/h3-4,6-7H,1-2,5H2,(H2,16,17,18). The van der Waals surface area contributed by atoms with Crippen LogP contribution in [0.4, 0.5) is 8.78 Å². The monoisotopic (exact) mass is 266 g/mol. The second kappa shape index (κ2) is 4.31. The van der Waals surface area contributed by atoms with E-state index in [0.29, 0.717) is 16.8 Å². The lowest BCUT2D eigenvalue weighted by molar-refractivity contribution is 0.500. The normalized spacial score (nSPS) is 18.0. The predicted octanol–water partition coefficient (Wildman–Crippen LogP) is 3.62. The second-order valence-electron chi connectivity index (χ2n) is 4.64. The summed E-state index contributed by atoms with van der Waals surface area (Å²) in [5.74, 6) is -1.20. The molecular formula is C13H12F2N2S. The Hall–Kier alpha value is -1.49. The number of aromatic amines is 2. The third-order valence-electron chi connectivity index (χ3n) is 3.53. The van der Waals surface area contributed by atoms with Crippen LogP contribution in [0.1, 0.15) is 29.2 Å². The van der Waals surface area contributed by atoms with E-state index in [9.17, 15) is 8.78 Å². The van der Waals surface area contributed by atoms with Gasteiger partial charge in [0.05, 0.1) is 0 Å². The first-order valence-electron chi connectivity index (χ1n) is 5.88. The molecule has 1 aliphatic carbocycles. The maximum absolute atomic E-state index is 13.6. The van der Waals surface area contributed by atoms with Crippen LogP contribution >= 0.6 is 12.2 Å². The minimum Gasteiger partial charge on any atom is -0.337 e. The minimum absolute atomic E-state index is 0.233. The van der Waals surface area contributed by atoms with Crippen molar-refractivity contribution in [2.45, 2.75) is 25.2 Å². The van der Waals surface area contributed by atoms with Gasteiger partial charge in [0, 0.05) is 11.9 Å². The number of rotatable bonds is 2. The Morgan fingerprint density at radius 2 is 2.17 bits per heavy atom. The average Bonchev–Trinajstić information content (AvgIpc) is 2.92. The molecule has 5 heteroatoms. The van der Waals surface area contributed by atoms with Crippen LogP contribution in [0.2, 0.25) is 0 Å². The first-order valence-corrected chi connectivity index (χ1v) is 6.29. The van der Waals surface area contributed by atoms with Gasteiger partial charge < -0.3 is 9.97 Å². The zero-order chi connectivity index (χ0) is 12.7. The molecule has 2 N–H and O–H groups in total. The summed E-state index contributed by atoms with van der Waals surface area (Å²) >= 11 is 4.97. The molecule has 0 spiro atoms. The molecule has 0 saturated heterocycles. The molecule has 1 aromatic heterocycles. The Morgan fingerprint density at radius 3 is 2.89 bits per heavy atom. The van der Waals surface area contributed by atoms with Crippen molar-refractivity contribution >= 4 is 12.2 Å². The molecule has 94 valence electrons. The number of benzene rings is 1. The maximum Gasteiger partial charge on any atom is 0.174 e. The molecule has 2 aromatic rings. The number of hydrogen-bond acceptors (Lipinski definition) is 1. The molecule has 1 atom stereocenters. The van der Waals surface area contributed by atoms with Crippen LogP contribution < -0.4 is 0 Å². The van der Waals surface area contributed by atoms with Gasteiger partial charge in [0.2, 0.25) is 0 Å². The Morgan fingerprint density at radius 1 is 1.33 bits per heavy atom. The summed E-state index contributed by atoms with van der Waals surface area (Å²) in [6.45, 7) is 0. The van der Waals surface area contributed by atoms with E-state index in [4.69, 9.17) is 12.2 Å². The molecule has 0 amide bonds. The molecule has 3 rings (SSSR count). The van der Waals surface area contributed by atoms with E-state index < -0.39 is 11.6 Å². The summed E-state index contributed by atoms with van der Waals surface area (Å²) < 4.78 is 27.3. The zero-order valence-corrected chi connectivity index (χ0v) is 10.4. The van der Waals surface area contributed by atoms with Gasteiger partial charge in [-0.1, -0.05) is 6.07 Å². The number of aromatic nitrogens is 2. The van der Waals surface area contributed by atoms with E-state index >= 15 is 0 Å². The lowest BCUT2D eigenvalue weighted by atomic mass is 9.96. The van der Waals surface area contributed by atoms with Gasteiger partial charge in [0.1, 0.15) is 0 Å². The fourth-order valence-corrected chi connectivity index (χ4v) is 2.87. The van der Waals surface area contributed by atoms with Crippen molar-refractivity contribution in [3.63, 3.8) is 0 Å². The van der Waals surface area contributed by atoms with Crippen molar-refractivity contribution in [3.05, 3.63) is 51.6 Å². The van der Waals surface area contributed by atoms with Gasteiger partial charge in [-0.2, -0.15) is 0 Å². The van der Waals surface area contributed by atoms with E-state index in [-0.39, 0.29) is 5.92 Å². The summed E-state index contributed by atoms with van der Waals surface area (Å²) in [6, 6.07) is 2.92. The van der Waals surface area contributed by atoms with E-state index in [0.717, 1.165) is 24.1 Å². The van der Waals surface area contributed by atoms with Crippen molar-refractivity contribution in [2.75, 3.05) is 0 Å². The fraction of sp³-hybridized carbons (Fsp3) is 0.308. The van der Waals surface area contributed by atoms with Crippen molar-refractivity contribution < 1.29 is 8.78 Å². The molecule has 0 saturated carbocycles. The largest absolute Gasteiger partial charge is 0.337 e. The van der Waals surface area contributed by atoms with E-state index in [1.165, 1.54) is 6.07 Å². The van der Waals surface area contributed by atoms with Crippen LogP contribution in [-0.2, 0) is 12.8 Å². The predicted molar refractivity (Wildman–Crippen MR) is 67.1 cm³/mol. The average molecular weight is 266 g/mol. The van der Waals surface area contributed by atoms with Gasteiger partial charge in [-0.15, -0.1) is 0 Å². The molecule has 0 aliphatic heterocycles. The Bertz CT molecular complexity index is 645. The van der Waals surface area contributed by atoms with Gasteiger partial charge in [0.15, 0.2) is 16.4 Å². The van der Waals surface area contributed by atoms with Crippen LogP contribution in [-0.4, -0.2) is 9.97 Å². The molecular weight excluding hydrogens is 254 g/mol. The van der Waals surface area contributed by atoms with Crippen molar-refractivity contribution in [3.8, 4) is 0 Å². The molecule has 0 fully saturated rings. The van der Waals surface area contributed by atoms with Crippen LogP contribution in [0.5, 0.6) is 0 Å². The molecule has 1 aliphatic rings. The van der Waals surface area contributed by atoms with Crippen LogP contribution in [0, 0.1) is 16.4 Å². The lowest BCUT2D eigenvalue weighted by Gasteiger charge is -2.10. The van der Waals surface area contributed by atoms with Gasteiger partial charge in [-0.25, -0.2) is 8.78 Å². The fourth-order valence-electron chi connectivity index (χ4n) is 2.68. The first-order chi connectivity index (χ1) is 8.65. The Kier molecular flexibility index (Phi) is 2.78. The highest BCUT2D eigenvalue weighted by Crippen LogP contribution is 2.37. The highest BCUT2D eigenvalue weighted by Gasteiger charge is 2.27. The van der Waals surface area contributed by atoms with Gasteiger partial charge in [0.25, 0.3) is 0 Å². The molecule has 0 radical (unpaired) electrons. The molecule has 18 heavy (non-hydrogen) atoms. The number of nitrogens with one attached hydrogen (secondary N) is 2. The quantitative estimate of drug-likeness (QED) is 0.799. The van der Waals surface area contributed by atoms with Gasteiger partial charge in [-0.3, -0.25) is 0 Å². The summed E-state index contributed by atoms with van der Waals surface area (Å²) in [5, 5.41) is 0. The highest BCUT2D eigenvalue weighted by atomic mass is 32.1. The van der Waals surface area contributed by atoms with Crippen LogP contribution in [0.15, 0.2) is 18.3 Å². The van der Waals surface area contributed by atoms with Gasteiger partial charge in [-0.05, 0) is 54.6 Å². The third-order valence-corrected chi connectivity index (χ3v) is 3.75. The van der Waals surface area contributed by atoms with Crippen molar-refractivity contribution in [2.24, 2.45) is 0 Å². The van der Waals surface area contributed by atoms with Crippen molar-refractivity contribution in [1.29, 1.82) is 0 Å². The number of fused-ring (bicyclic) bond motifs is 1. The molecule has 1 heterocycles. The highest BCUT2D eigenvalue weighted by molar-refractivity contribution is 7.71. The second-order valence-corrected chi connectivity index (χ2v) is 5.05. The third kappa shape index (κ3) is 1.88. The first kappa shape index (κ1) is 11.6. The number of halogens is 2. The molecule has 2 nitrogen and oxygen atoms in total. The van der Waals surface area contributed by atoms with Crippen molar-refractivity contribution in [1.82, 2.24) is 9.97 Å². The smallest absolute Gasteiger partial charge is 0.174 e. The number of H-pyrrole nitrogens is 2. The molecule has 1 aromatic carbocycles. The minimum atomic E-state index is -0.754. The molecule has 0 bridgehead atoms. The van der Waals surface area contributed by atoms with Gasteiger partial charge >= 0.3 is 0 Å². The Balaban J connectivity index is 1.91. The summed E-state index contributed by atoms with van der Waals surface area (Å²) in [7, 11) is 0. The van der Waals surface area contributed by atoms with E-state index in [1.54, 1.807) is 6.07 Å². The van der Waals surface area contributed by atoms with E-state index in [2.05, 4.69) is 9.97 Å². The van der Waals surface area contributed by atoms with Crippen LogP contribution in [0.25, 0.3) is 0 Å². The lowest BCUT2D eigenvalue weighted by Crippen LogP contribution is -2.00. The van der Waals surface area contributed by atoms with Crippen LogP contribution in [0.3, 0.4) is 0 Å². The summed E-state index contributed by atoms with van der Waals surface area (Å²) in [4.78, 5) is 5.96. The maximum atomic E-state index is 13.6. The number of hydrogen-bond donors (Lipinski definition) is 2. The number of imidazole rings is 1. The zero-order valence-electron chi connectivity index (χ0n) is 9.59. The topological polar surface area (TPSA) is 31.6 Å². The molecule has 1 unspecified atom stereocenters. The summed E-state index contributed by atoms with van der Waals surface area (Å²) in [5.41, 5.74) is 2.46. The SMILES string of the molecule is Fc1ccc2c(c1F)CCC2Cc1c[nH]c(=S)[nH]1. The Labute approximate surface area is 108 Å². The summed E-state index contributed by atoms with van der Waals surface area (Å²) in [6.07, 6.45) is 4.06.